The maximum absolute atomic E-state index is 5.76. The third-order valence-electron chi connectivity index (χ3n) is 2.91. The molecule has 2 rings (SSSR count). The van der Waals surface area contributed by atoms with Crippen molar-refractivity contribution in [3.8, 4) is 0 Å². The van der Waals surface area contributed by atoms with Crippen molar-refractivity contribution in [2.24, 2.45) is 0 Å². The first-order chi connectivity index (χ1) is 7.85. The van der Waals surface area contributed by atoms with Crippen molar-refractivity contribution in [2.75, 3.05) is 18.5 Å². The minimum Gasteiger partial charge on any atom is -0.374 e. The molecule has 1 aliphatic heterocycles. The van der Waals surface area contributed by atoms with Crippen molar-refractivity contribution >= 4 is 15.9 Å². The van der Waals surface area contributed by atoms with E-state index in [2.05, 4.69) is 28.1 Å². The summed E-state index contributed by atoms with van der Waals surface area (Å²) in [5, 5.41) is 0.856. The zero-order valence-corrected chi connectivity index (χ0v) is 10.9. The SMILES string of the molecule is BrCC1(COCc2ccccc2)CCCO1. The fourth-order valence-electron chi connectivity index (χ4n) is 1.94. The topological polar surface area (TPSA) is 18.5 Å². The predicted octanol–water partition coefficient (Wildman–Crippen LogP) is 3.15. The van der Waals surface area contributed by atoms with Gasteiger partial charge in [-0.25, -0.2) is 0 Å². The van der Waals surface area contributed by atoms with Gasteiger partial charge >= 0.3 is 0 Å². The van der Waals surface area contributed by atoms with Gasteiger partial charge in [-0.05, 0) is 18.4 Å². The summed E-state index contributed by atoms with van der Waals surface area (Å²) < 4.78 is 11.5. The fourth-order valence-corrected chi connectivity index (χ4v) is 2.55. The van der Waals surface area contributed by atoms with E-state index in [9.17, 15) is 0 Å². The van der Waals surface area contributed by atoms with Crippen LogP contribution in [-0.4, -0.2) is 24.1 Å². The van der Waals surface area contributed by atoms with E-state index in [1.54, 1.807) is 0 Å². The number of rotatable bonds is 5. The van der Waals surface area contributed by atoms with E-state index >= 15 is 0 Å². The smallest absolute Gasteiger partial charge is 0.101 e. The summed E-state index contributed by atoms with van der Waals surface area (Å²) in [6, 6.07) is 10.2. The summed E-state index contributed by atoms with van der Waals surface area (Å²) in [4.78, 5) is 0. The molecule has 1 atom stereocenters. The van der Waals surface area contributed by atoms with E-state index in [0.29, 0.717) is 13.2 Å². The molecular weight excluding hydrogens is 268 g/mol. The minimum atomic E-state index is -0.0885. The molecule has 3 heteroatoms. The molecule has 0 aromatic heterocycles. The van der Waals surface area contributed by atoms with Crippen molar-refractivity contribution in [2.45, 2.75) is 25.0 Å². The number of hydrogen-bond acceptors (Lipinski definition) is 2. The Bertz CT molecular complexity index is 307. The van der Waals surface area contributed by atoms with Gasteiger partial charge in [-0.3, -0.25) is 0 Å². The minimum absolute atomic E-state index is 0.0885. The fraction of sp³-hybridized carbons (Fsp3) is 0.538. The summed E-state index contributed by atoms with van der Waals surface area (Å²) >= 11 is 3.51. The zero-order valence-electron chi connectivity index (χ0n) is 9.32. The predicted molar refractivity (Wildman–Crippen MR) is 67.8 cm³/mol. The van der Waals surface area contributed by atoms with Gasteiger partial charge in [-0.1, -0.05) is 46.3 Å². The highest BCUT2D eigenvalue weighted by molar-refractivity contribution is 9.09. The highest BCUT2D eigenvalue weighted by Gasteiger charge is 2.34. The average molecular weight is 285 g/mol. The molecule has 1 heterocycles. The van der Waals surface area contributed by atoms with Crippen LogP contribution in [0.2, 0.25) is 0 Å². The van der Waals surface area contributed by atoms with Gasteiger partial charge in [0.1, 0.15) is 5.60 Å². The van der Waals surface area contributed by atoms with Crippen molar-refractivity contribution in [1.82, 2.24) is 0 Å². The molecule has 88 valence electrons. The molecule has 0 bridgehead atoms. The molecule has 0 N–H and O–H groups in total. The van der Waals surface area contributed by atoms with Crippen LogP contribution in [0.1, 0.15) is 18.4 Å². The number of ether oxygens (including phenoxy) is 2. The van der Waals surface area contributed by atoms with Crippen LogP contribution in [0.15, 0.2) is 30.3 Å². The van der Waals surface area contributed by atoms with Crippen molar-refractivity contribution in [3.63, 3.8) is 0 Å². The van der Waals surface area contributed by atoms with Crippen molar-refractivity contribution < 1.29 is 9.47 Å². The normalized spacial score (nSPS) is 24.8. The summed E-state index contributed by atoms with van der Waals surface area (Å²) in [5.74, 6) is 0. The first kappa shape index (κ1) is 12.1. The van der Waals surface area contributed by atoms with Crippen molar-refractivity contribution in [3.05, 3.63) is 35.9 Å². The summed E-state index contributed by atoms with van der Waals surface area (Å²) in [6.45, 7) is 2.20. The van der Waals surface area contributed by atoms with Crippen LogP contribution >= 0.6 is 15.9 Å². The molecule has 2 nitrogen and oxygen atoms in total. The highest BCUT2D eigenvalue weighted by Crippen LogP contribution is 2.28. The Morgan fingerprint density at radius 1 is 1.31 bits per heavy atom. The number of alkyl halides is 1. The van der Waals surface area contributed by atoms with Crippen LogP contribution in [0.25, 0.3) is 0 Å². The third kappa shape index (κ3) is 3.06. The van der Waals surface area contributed by atoms with E-state index in [1.165, 1.54) is 5.56 Å². The molecule has 1 aromatic carbocycles. The standard InChI is InChI=1S/C13H17BrO2/c14-10-13(7-4-8-16-13)11-15-9-12-5-2-1-3-6-12/h1-3,5-6H,4,7-11H2. The van der Waals surface area contributed by atoms with E-state index < -0.39 is 0 Å². The Hall–Kier alpha value is -0.380. The largest absolute Gasteiger partial charge is 0.374 e. The number of hydrogen-bond donors (Lipinski definition) is 0. The Balaban J connectivity index is 1.79. The van der Waals surface area contributed by atoms with E-state index in [4.69, 9.17) is 9.47 Å². The van der Waals surface area contributed by atoms with Crippen LogP contribution in [0.4, 0.5) is 0 Å². The molecular formula is C13H17BrO2. The van der Waals surface area contributed by atoms with E-state index in [-0.39, 0.29) is 5.60 Å². The average Bonchev–Trinajstić information content (AvgIpc) is 2.80. The van der Waals surface area contributed by atoms with Gasteiger partial charge in [0.2, 0.25) is 0 Å². The van der Waals surface area contributed by atoms with Gasteiger partial charge in [0.05, 0.1) is 13.2 Å². The Labute approximate surface area is 105 Å². The molecule has 1 aromatic rings. The molecule has 16 heavy (non-hydrogen) atoms. The second-order valence-electron chi connectivity index (χ2n) is 4.25. The Kier molecular flexibility index (Phi) is 4.38. The first-order valence-corrected chi connectivity index (χ1v) is 6.78. The zero-order chi connectivity index (χ0) is 11.3. The molecule has 1 unspecified atom stereocenters. The molecule has 1 aliphatic rings. The van der Waals surface area contributed by atoms with Gasteiger partial charge in [0.25, 0.3) is 0 Å². The van der Waals surface area contributed by atoms with Crippen LogP contribution in [-0.2, 0) is 16.1 Å². The Morgan fingerprint density at radius 2 is 2.12 bits per heavy atom. The van der Waals surface area contributed by atoms with Crippen LogP contribution in [0.3, 0.4) is 0 Å². The van der Waals surface area contributed by atoms with E-state index in [0.717, 1.165) is 24.8 Å². The monoisotopic (exact) mass is 284 g/mol. The quantitative estimate of drug-likeness (QED) is 0.774. The Morgan fingerprint density at radius 3 is 2.75 bits per heavy atom. The molecule has 0 saturated carbocycles. The van der Waals surface area contributed by atoms with Gasteiger partial charge in [0, 0.05) is 11.9 Å². The van der Waals surface area contributed by atoms with Gasteiger partial charge in [-0.2, -0.15) is 0 Å². The molecule has 0 radical (unpaired) electrons. The van der Waals surface area contributed by atoms with E-state index in [1.807, 2.05) is 18.2 Å². The molecule has 0 aliphatic carbocycles. The summed E-state index contributed by atoms with van der Waals surface area (Å²) in [5.41, 5.74) is 1.12. The lowest BCUT2D eigenvalue weighted by Gasteiger charge is -2.25. The molecule has 1 saturated heterocycles. The summed E-state index contributed by atoms with van der Waals surface area (Å²) in [7, 11) is 0. The lowest BCUT2D eigenvalue weighted by atomic mass is 10.0. The maximum atomic E-state index is 5.76. The molecule has 0 amide bonds. The molecule has 1 fully saturated rings. The van der Waals surface area contributed by atoms with Gasteiger partial charge in [-0.15, -0.1) is 0 Å². The lowest BCUT2D eigenvalue weighted by molar-refractivity contribution is -0.0520. The lowest BCUT2D eigenvalue weighted by Crippen LogP contribution is -2.35. The van der Waals surface area contributed by atoms with Gasteiger partial charge in [0.15, 0.2) is 0 Å². The van der Waals surface area contributed by atoms with Gasteiger partial charge < -0.3 is 9.47 Å². The molecule has 0 spiro atoms. The second-order valence-corrected chi connectivity index (χ2v) is 4.81. The van der Waals surface area contributed by atoms with Crippen molar-refractivity contribution in [1.29, 1.82) is 0 Å². The summed E-state index contributed by atoms with van der Waals surface area (Å²) in [6.07, 6.45) is 2.23. The number of benzene rings is 1. The third-order valence-corrected chi connectivity index (χ3v) is 3.93. The number of halogens is 1. The first-order valence-electron chi connectivity index (χ1n) is 5.66. The second kappa shape index (κ2) is 5.80. The van der Waals surface area contributed by atoms with Crippen LogP contribution in [0, 0.1) is 0 Å². The van der Waals surface area contributed by atoms with Crippen LogP contribution in [0.5, 0.6) is 0 Å². The highest BCUT2D eigenvalue weighted by atomic mass is 79.9. The maximum Gasteiger partial charge on any atom is 0.101 e. The van der Waals surface area contributed by atoms with Crippen LogP contribution < -0.4 is 0 Å².